The average molecular weight is 403 g/mol. The smallest absolute Gasteiger partial charge is 0.267 e. The Balaban J connectivity index is 1.59. The summed E-state index contributed by atoms with van der Waals surface area (Å²) in [7, 11) is 0. The molecular formula is C24H25N3O3. The molecule has 2 aliphatic rings. The van der Waals surface area contributed by atoms with E-state index in [9.17, 15) is 14.7 Å². The van der Waals surface area contributed by atoms with Crippen LogP contribution in [0.2, 0.25) is 0 Å². The first-order chi connectivity index (χ1) is 14.6. The number of aromatic hydroxyl groups is 1. The zero-order valence-corrected chi connectivity index (χ0v) is 16.8. The molecule has 2 fully saturated rings. The molecule has 0 atom stereocenters. The average Bonchev–Trinajstić information content (AvgIpc) is 3.53. The maximum absolute atomic E-state index is 13.3. The van der Waals surface area contributed by atoms with E-state index in [1.807, 2.05) is 36.4 Å². The molecule has 1 aromatic carbocycles. The van der Waals surface area contributed by atoms with E-state index in [1.165, 1.54) is 0 Å². The summed E-state index contributed by atoms with van der Waals surface area (Å²) in [5.74, 6) is -0.371. The summed E-state index contributed by atoms with van der Waals surface area (Å²) >= 11 is 0. The Morgan fingerprint density at radius 2 is 1.90 bits per heavy atom. The zero-order chi connectivity index (χ0) is 20.7. The molecule has 6 nitrogen and oxygen atoms in total. The molecule has 0 bridgehead atoms. The highest BCUT2D eigenvalue weighted by Crippen LogP contribution is 2.33. The number of hydrogen-bond donors (Lipinski definition) is 2. The van der Waals surface area contributed by atoms with Crippen LogP contribution in [0, 0.1) is 5.92 Å². The summed E-state index contributed by atoms with van der Waals surface area (Å²) in [6, 6.07) is 12.1. The maximum atomic E-state index is 13.3. The van der Waals surface area contributed by atoms with Crippen LogP contribution in [0.15, 0.2) is 47.4 Å². The van der Waals surface area contributed by atoms with Crippen LogP contribution in [-0.2, 0) is 13.0 Å². The quantitative estimate of drug-likeness (QED) is 0.661. The molecule has 2 saturated carbocycles. The molecule has 1 amide bonds. The van der Waals surface area contributed by atoms with E-state index in [0.717, 1.165) is 43.2 Å². The van der Waals surface area contributed by atoms with Gasteiger partial charge in [-0.25, -0.2) is 0 Å². The normalized spacial score (nSPS) is 16.4. The Hall–Kier alpha value is -3.15. The van der Waals surface area contributed by atoms with Crippen LogP contribution in [0.1, 0.15) is 53.6 Å². The first kappa shape index (κ1) is 18.9. The fourth-order valence-electron chi connectivity index (χ4n) is 4.03. The van der Waals surface area contributed by atoms with Gasteiger partial charge in [0.15, 0.2) is 5.75 Å². The number of rotatable bonds is 6. The highest BCUT2D eigenvalue weighted by molar-refractivity contribution is 6.01. The molecule has 3 aromatic rings. The van der Waals surface area contributed by atoms with Crippen LogP contribution in [0.25, 0.3) is 11.0 Å². The van der Waals surface area contributed by atoms with Crippen molar-refractivity contribution in [1.82, 2.24) is 14.9 Å². The van der Waals surface area contributed by atoms with E-state index >= 15 is 0 Å². The Labute approximate surface area is 174 Å². The Bertz CT molecular complexity index is 1160. The highest BCUT2D eigenvalue weighted by Gasteiger charge is 2.29. The molecule has 0 unspecified atom stereocenters. The van der Waals surface area contributed by atoms with E-state index in [-0.39, 0.29) is 17.4 Å². The molecule has 2 aliphatic carbocycles. The van der Waals surface area contributed by atoms with Crippen LogP contribution >= 0.6 is 0 Å². The second-order valence-corrected chi connectivity index (χ2v) is 8.56. The van der Waals surface area contributed by atoms with Crippen LogP contribution in [0.5, 0.6) is 5.75 Å². The molecule has 6 heteroatoms. The minimum absolute atomic E-state index is 0.0880. The summed E-state index contributed by atoms with van der Waals surface area (Å²) in [4.78, 5) is 30.5. The Morgan fingerprint density at radius 3 is 2.57 bits per heavy atom. The number of pyridine rings is 2. The summed E-state index contributed by atoms with van der Waals surface area (Å²) in [6.07, 6.45) is 7.47. The van der Waals surface area contributed by atoms with E-state index in [0.29, 0.717) is 29.9 Å². The van der Waals surface area contributed by atoms with Gasteiger partial charge in [-0.3, -0.25) is 14.6 Å². The predicted octanol–water partition coefficient (Wildman–Crippen LogP) is 3.39. The molecule has 2 aromatic heterocycles. The van der Waals surface area contributed by atoms with Gasteiger partial charge < -0.3 is 15.0 Å². The Kier molecular flexibility index (Phi) is 4.77. The monoisotopic (exact) mass is 403 g/mol. The zero-order valence-electron chi connectivity index (χ0n) is 16.8. The minimum atomic E-state index is -0.496. The number of nitrogens with zero attached hydrogens (tertiary/aromatic N) is 2. The number of aromatic nitrogens is 2. The number of carbonyl (C=O) groups is 1. The van der Waals surface area contributed by atoms with Crippen molar-refractivity contribution < 1.29 is 9.90 Å². The van der Waals surface area contributed by atoms with Gasteiger partial charge in [-0.05, 0) is 61.6 Å². The van der Waals surface area contributed by atoms with Crippen molar-refractivity contribution in [2.24, 2.45) is 5.92 Å². The molecule has 5 rings (SSSR count). The van der Waals surface area contributed by atoms with Gasteiger partial charge in [0, 0.05) is 18.8 Å². The molecule has 0 saturated heterocycles. The number of fused-ring (bicyclic) bond motifs is 1. The summed E-state index contributed by atoms with van der Waals surface area (Å²) < 4.78 is 1.64. The molecule has 0 spiro atoms. The number of carbonyl (C=O) groups excluding carboxylic acids is 1. The maximum Gasteiger partial charge on any atom is 0.267 e. The lowest BCUT2D eigenvalue weighted by atomic mass is 9.93. The van der Waals surface area contributed by atoms with Gasteiger partial charge in [-0.2, -0.15) is 0 Å². The van der Waals surface area contributed by atoms with Crippen molar-refractivity contribution in [3.63, 3.8) is 0 Å². The lowest BCUT2D eigenvalue weighted by Crippen LogP contribution is -2.42. The van der Waals surface area contributed by atoms with Crippen molar-refractivity contribution in [2.75, 3.05) is 0 Å². The second-order valence-electron chi connectivity index (χ2n) is 8.56. The largest absolute Gasteiger partial charge is 0.505 e. The summed E-state index contributed by atoms with van der Waals surface area (Å²) in [5.41, 5.74) is 2.41. The summed E-state index contributed by atoms with van der Waals surface area (Å²) in [6.45, 7) is 0.551. The highest BCUT2D eigenvalue weighted by atomic mass is 16.3. The van der Waals surface area contributed by atoms with E-state index in [4.69, 9.17) is 0 Å². The summed E-state index contributed by atoms with van der Waals surface area (Å²) in [5, 5.41) is 13.7. The van der Waals surface area contributed by atoms with Gasteiger partial charge in [0.1, 0.15) is 11.1 Å². The molecule has 0 aliphatic heterocycles. The fraction of sp³-hybridized carbons (Fsp3) is 0.375. The number of nitrogens with one attached hydrogen (secondary N) is 1. The van der Waals surface area contributed by atoms with Gasteiger partial charge in [0.25, 0.3) is 11.5 Å². The molecule has 2 heterocycles. The Morgan fingerprint density at radius 1 is 1.13 bits per heavy atom. The molecule has 0 radical (unpaired) electrons. The van der Waals surface area contributed by atoms with Gasteiger partial charge in [0.05, 0.1) is 5.52 Å². The van der Waals surface area contributed by atoms with E-state index in [1.54, 1.807) is 10.8 Å². The lowest BCUT2D eigenvalue weighted by molar-refractivity contribution is 0.0912. The van der Waals surface area contributed by atoms with Gasteiger partial charge >= 0.3 is 0 Å². The molecule has 2 N–H and O–H groups in total. The van der Waals surface area contributed by atoms with Crippen LogP contribution in [0.3, 0.4) is 0 Å². The lowest BCUT2D eigenvalue weighted by Gasteiger charge is -2.26. The fourth-order valence-corrected chi connectivity index (χ4v) is 4.03. The van der Waals surface area contributed by atoms with Gasteiger partial charge in [-0.15, -0.1) is 0 Å². The van der Waals surface area contributed by atoms with Crippen LogP contribution < -0.4 is 10.9 Å². The standard InChI is InChI=1S/C24H25N3O3/c28-22-20(23(29)26-18-7-4-8-18)24(30)27(14-16-9-10-16)19-12-17(13-25-21(19)22)11-15-5-2-1-3-6-15/h1-3,5-6,12-13,16,18,28H,4,7-11,14H2,(H,26,29). The van der Waals surface area contributed by atoms with Crippen LogP contribution in [-0.4, -0.2) is 26.6 Å². The third kappa shape index (κ3) is 3.58. The van der Waals surface area contributed by atoms with Crippen molar-refractivity contribution in [3.05, 3.63) is 69.6 Å². The van der Waals surface area contributed by atoms with Crippen molar-refractivity contribution in [2.45, 2.75) is 51.1 Å². The topological polar surface area (TPSA) is 84.2 Å². The SMILES string of the molecule is O=C(NC1CCC1)c1c(O)c2ncc(Cc3ccccc3)cc2n(CC2CC2)c1=O. The van der Waals surface area contributed by atoms with E-state index in [2.05, 4.69) is 10.3 Å². The van der Waals surface area contributed by atoms with E-state index < -0.39 is 11.5 Å². The van der Waals surface area contributed by atoms with Crippen molar-refractivity contribution >= 4 is 16.9 Å². The molecular weight excluding hydrogens is 378 g/mol. The first-order valence-corrected chi connectivity index (χ1v) is 10.7. The van der Waals surface area contributed by atoms with Gasteiger partial charge in [-0.1, -0.05) is 30.3 Å². The minimum Gasteiger partial charge on any atom is -0.505 e. The third-order valence-corrected chi connectivity index (χ3v) is 6.19. The van der Waals surface area contributed by atoms with Crippen molar-refractivity contribution in [3.8, 4) is 5.75 Å². The number of benzene rings is 1. The van der Waals surface area contributed by atoms with Crippen molar-refractivity contribution in [1.29, 1.82) is 0 Å². The molecule has 154 valence electrons. The third-order valence-electron chi connectivity index (χ3n) is 6.19. The molecule has 30 heavy (non-hydrogen) atoms. The first-order valence-electron chi connectivity index (χ1n) is 10.7. The van der Waals surface area contributed by atoms with Crippen LogP contribution in [0.4, 0.5) is 0 Å². The van der Waals surface area contributed by atoms with Gasteiger partial charge in [0.2, 0.25) is 0 Å². The number of hydrogen-bond acceptors (Lipinski definition) is 4. The predicted molar refractivity (Wildman–Crippen MR) is 115 cm³/mol. The number of amides is 1. The second kappa shape index (κ2) is 7.59.